The molecule has 2 aromatic heterocycles. The number of hydrogen-bond donors (Lipinski definition) is 0. The van der Waals surface area contributed by atoms with E-state index in [-0.39, 0.29) is 5.38 Å². The van der Waals surface area contributed by atoms with Gasteiger partial charge < -0.3 is 4.42 Å². The average Bonchev–Trinajstić information content (AvgIpc) is 2.98. The summed E-state index contributed by atoms with van der Waals surface area (Å²) in [7, 11) is 0. The first-order chi connectivity index (χ1) is 9.81. The Bertz CT molecular complexity index is 678. The molecule has 1 unspecified atom stereocenters. The quantitative estimate of drug-likeness (QED) is 0.640. The van der Waals surface area contributed by atoms with Crippen molar-refractivity contribution in [3.63, 3.8) is 0 Å². The molecule has 20 heavy (non-hydrogen) atoms. The van der Waals surface area contributed by atoms with E-state index in [2.05, 4.69) is 23.2 Å². The Labute approximate surface area is 123 Å². The third kappa shape index (κ3) is 3.20. The zero-order valence-electron chi connectivity index (χ0n) is 11.1. The lowest BCUT2D eigenvalue weighted by Crippen LogP contribution is -2.06. The van der Waals surface area contributed by atoms with Crippen molar-refractivity contribution in [2.45, 2.75) is 24.6 Å². The van der Waals surface area contributed by atoms with Gasteiger partial charge in [-0.25, -0.2) is 0 Å². The summed E-state index contributed by atoms with van der Waals surface area (Å²) in [6.07, 6.45) is 4.24. The Morgan fingerprint density at radius 3 is 2.80 bits per heavy atom. The van der Waals surface area contributed by atoms with E-state index >= 15 is 0 Å². The Morgan fingerprint density at radius 2 is 1.95 bits per heavy atom. The zero-order valence-corrected chi connectivity index (χ0v) is 11.9. The summed E-state index contributed by atoms with van der Waals surface area (Å²) in [5.74, 6) is 0.988. The summed E-state index contributed by atoms with van der Waals surface area (Å²) in [5, 5.41) is 1.24. The molecule has 0 N–H and O–H groups in total. The van der Waals surface area contributed by atoms with E-state index in [1.807, 2.05) is 30.3 Å². The highest BCUT2D eigenvalue weighted by molar-refractivity contribution is 6.20. The predicted molar refractivity (Wildman–Crippen MR) is 82.1 cm³/mol. The monoisotopic (exact) mass is 285 g/mol. The minimum Gasteiger partial charge on any atom is -0.469 e. The number of pyridine rings is 1. The molecule has 0 saturated carbocycles. The lowest BCUT2D eigenvalue weighted by atomic mass is 10.1. The molecule has 0 aliphatic rings. The SMILES string of the molecule is ClC(CCc1ccco1)Cc1ccc2ccccc2n1. The van der Waals surface area contributed by atoms with Gasteiger partial charge in [0.05, 0.1) is 11.8 Å². The Hall–Kier alpha value is -1.80. The molecular weight excluding hydrogens is 270 g/mol. The van der Waals surface area contributed by atoms with Crippen LogP contribution in [0.3, 0.4) is 0 Å². The van der Waals surface area contributed by atoms with Crippen LogP contribution in [0.5, 0.6) is 0 Å². The second-order valence-electron chi connectivity index (χ2n) is 4.91. The molecule has 3 rings (SSSR count). The molecule has 0 aliphatic heterocycles. The molecule has 0 bridgehead atoms. The highest BCUT2D eigenvalue weighted by Gasteiger charge is 2.09. The Morgan fingerprint density at radius 1 is 1.05 bits per heavy atom. The number of aromatic nitrogens is 1. The molecular formula is C17H16ClNO. The third-order valence-corrected chi connectivity index (χ3v) is 3.74. The van der Waals surface area contributed by atoms with Crippen LogP contribution in [-0.2, 0) is 12.8 Å². The number of nitrogens with zero attached hydrogens (tertiary/aromatic N) is 1. The maximum absolute atomic E-state index is 6.40. The maximum atomic E-state index is 6.40. The summed E-state index contributed by atoms with van der Waals surface area (Å²) in [6.45, 7) is 0. The molecule has 0 amide bonds. The van der Waals surface area contributed by atoms with Crippen LogP contribution in [0.2, 0.25) is 0 Å². The maximum Gasteiger partial charge on any atom is 0.103 e. The van der Waals surface area contributed by atoms with Gasteiger partial charge in [-0.15, -0.1) is 11.6 Å². The Kier molecular flexibility index (Phi) is 4.03. The summed E-state index contributed by atoms with van der Waals surface area (Å²) >= 11 is 6.40. The van der Waals surface area contributed by atoms with Crippen molar-refractivity contribution >= 4 is 22.5 Å². The van der Waals surface area contributed by atoms with Crippen molar-refractivity contribution in [3.8, 4) is 0 Å². The van der Waals surface area contributed by atoms with Crippen molar-refractivity contribution in [3.05, 3.63) is 66.2 Å². The summed E-state index contributed by atoms with van der Waals surface area (Å²) < 4.78 is 5.32. The van der Waals surface area contributed by atoms with Gasteiger partial charge in [0.25, 0.3) is 0 Å². The third-order valence-electron chi connectivity index (χ3n) is 3.37. The van der Waals surface area contributed by atoms with Gasteiger partial charge in [-0.2, -0.15) is 0 Å². The normalized spacial score (nSPS) is 12.7. The molecule has 1 atom stereocenters. The first kappa shape index (κ1) is 13.2. The van der Waals surface area contributed by atoms with Crippen LogP contribution in [0.4, 0.5) is 0 Å². The standard InChI is InChI=1S/C17H16ClNO/c18-14(8-10-16-5-3-11-20-16)12-15-9-7-13-4-1-2-6-17(13)19-15/h1-7,9,11,14H,8,10,12H2. The van der Waals surface area contributed by atoms with E-state index in [4.69, 9.17) is 16.0 Å². The van der Waals surface area contributed by atoms with Gasteiger partial charge >= 0.3 is 0 Å². The number of benzene rings is 1. The number of alkyl halides is 1. The molecule has 0 radical (unpaired) electrons. The van der Waals surface area contributed by atoms with E-state index in [1.54, 1.807) is 6.26 Å². The highest BCUT2D eigenvalue weighted by Crippen LogP contribution is 2.17. The van der Waals surface area contributed by atoms with Crippen LogP contribution < -0.4 is 0 Å². The molecule has 0 fully saturated rings. The summed E-state index contributed by atoms with van der Waals surface area (Å²) in [6, 6.07) is 16.2. The van der Waals surface area contributed by atoms with Gasteiger partial charge in [0.2, 0.25) is 0 Å². The van der Waals surface area contributed by atoms with Crippen molar-refractivity contribution in [1.29, 1.82) is 0 Å². The summed E-state index contributed by atoms with van der Waals surface area (Å²) in [5.41, 5.74) is 2.07. The number of halogens is 1. The fraction of sp³-hybridized carbons (Fsp3) is 0.235. The fourth-order valence-electron chi connectivity index (χ4n) is 2.30. The van der Waals surface area contributed by atoms with Gasteiger partial charge in [-0.05, 0) is 30.7 Å². The van der Waals surface area contributed by atoms with Crippen LogP contribution >= 0.6 is 11.6 Å². The van der Waals surface area contributed by atoms with Crippen LogP contribution in [-0.4, -0.2) is 10.4 Å². The number of hydrogen-bond acceptors (Lipinski definition) is 2. The van der Waals surface area contributed by atoms with Gasteiger partial charge in [0.15, 0.2) is 0 Å². The number of rotatable bonds is 5. The van der Waals surface area contributed by atoms with Crippen molar-refractivity contribution in [2.24, 2.45) is 0 Å². The second kappa shape index (κ2) is 6.10. The van der Waals surface area contributed by atoms with Crippen LogP contribution in [0.1, 0.15) is 17.9 Å². The molecule has 0 spiro atoms. The number of furan rings is 1. The Balaban J connectivity index is 1.63. The molecule has 2 nitrogen and oxygen atoms in total. The zero-order chi connectivity index (χ0) is 13.8. The van der Waals surface area contributed by atoms with Crippen LogP contribution in [0, 0.1) is 0 Å². The molecule has 3 heteroatoms. The van der Waals surface area contributed by atoms with Crippen LogP contribution in [0.15, 0.2) is 59.2 Å². The molecule has 2 heterocycles. The molecule has 3 aromatic rings. The largest absolute Gasteiger partial charge is 0.469 e. The van der Waals surface area contributed by atoms with E-state index in [0.29, 0.717) is 0 Å². The van der Waals surface area contributed by atoms with Crippen molar-refractivity contribution in [2.75, 3.05) is 0 Å². The number of aryl methyl sites for hydroxylation is 1. The first-order valence-electron chi connectivity index (χ1n) is 6.82. The smallest absolute Gasteiger partial charge is 0.103 e. The fourth-order valence-corrected chi connectivity index (χ4v) is 2.57. The summed E-state index contributed by atoms with van der Waals surface area (Å²) in [4.78, 5) is 4.65. The van der Waals surface area contributed by atoms with Crippen molar-refractivity contribution < 1.29 is 4.42 Å². The minimum atomic E-state index is 0.0776. The van der Waals surface area contributed by atoms with Gasteiger partial charge in [-0.1, -0.05) is 24.3 Å². The van der Waals surface area contributed by atoms with Crippen LogP contribution in [0.25, 0.3) is 10.9 Å². The molecule has 102 valence electrons. The molecule has 0 saturated heterocycles. The first-order valence-corrected chi connectivity index (χ1v) is 7.26. The van der Waals surface area contributed by atoms with Gasteiger partial charge in [0, 0.05) is 29.3 Å². The molecule has 1 aromatic carbocycles. The lowest BCUT2D eigenvalue weighted by molar-refractivity contribution is 0.498. The van der Waals surface area contributed by atoms with E-state index in [9.17, 15) is 0 Å². The predicted octanol–water partition coefficient (Wildman–Crippen LogP) is 4.61. The average molecular weight is 286 g/mol. The van der Waals surface area contributed by atoms with Crippen molar-refractivity contribution in [1.82, 2.24) is 4.98 Å². The highest BCUT2D eigenvalue weighted by atomic mass is 35.5. The number of para-hydroxylation sites is 1. The lowest BCUT2D eigenvalue weighted by Gasteiger charge is -2.08. The van der Waals surface area contributed by atoms with E-state index in [0.717, 1.165) is 41.6 Å². The van der Waals surface area contributed by atoms with Gasteiger partial charge in [0.1, 0.15) is 5.76 Å². The topological polar surface area (TPSA) is 26.0 Å². The minimum absolute atomic E-state index is 0.0776. The number of fused-ring (bicyclic) bond motifs is 1. The molecule has 0 aliphatic carbocycles. The van der Waals surface area contributed by atoms with E-state index in [1.165, 1.54) is 0 Å². The van der Waals surface area contributed by atoms with Gasteiger partial charge in [-0.3, -0.25) is 4.98 Å². The van der Waals surface area contributed by atoms with E-state index < -0.39 is 0 Å². The second-order valence-corrected chi connectivity index (χ2v) is 5.53.